The summed E-state index contributed by atoms with van der Waals surface area (Å²) in [7, 11) is 0. The maximum Gasteiger partial charge on any atom is 0.340 e. The molecule has 0 bridgehead atoms. The van der Waals surface area contributed by atoms with Crippen molar-refractivity contribution >= 4 is 29.2 Å². The topological polar surface area (TPSA) is 44.8 Å². The molecule has 1 heterocycles. The molecule has 8 heteroatoms. The first-order valence-electron chi connectivity index (χ1n) is 6.79. The maximum atomic E-state index is 13.3. The van der Waals surface area contributed by atoms with Gasteiger partial charge in [0.1, 0.15) is 12.4 Å². The zero-order chi connectivity index (χ0) is 17.3. The summed E-state index contributed by atoms with van der Waals surface area (Å²) < 4.78 is 42.0. The van der Waals surface area contributed by atoms with E-state index >= 15 is 0 Å². The molecular weight excluding hydrogens is 365 g/mol. The first-order valence-corrected chi connectivity index (χ1v) is 7.55. The van der Waals surface area contributed by atoms with Gasteiger partial charge in [-0.1, -0.05) is 23.2 Å². The van der Waals surface area contributed by atoms with Gasteiger partial charge in [-0.25, -0.2) is 13.6 Å². The van der Waals surface area contributed by atoms with Gasteiger partial charge in [0, 0.05) is 16.1 Å². The van der Waals surface area contributed by atoms with E-state index in [0.29, 0.717) is 29.0 Å². The van der Waals surface area contributed by atoms with Gasteiger partial charge in [0.2, 0.25) is 0 Å². The standard InChI is InChI=1S/C16H10Cl2F2O4/c17-10-1-8-5-22-7-24-15(8)9(2-10)6-23-16(21)11-3-13(19)14(20)4-12(11)18/h1-4H,5-7H2. The minimum absolute atomic E-state index is 0.0740. The molecule has 3 rings (SSSR count). The van der Waals surface area contributed by atoms with E-state index in [9.17, 15) is 13.6 Å². The highest BCUT2D eigenvalue weighted by Gasteiger charge is 2.20. The van der Waals surface area contributed by atoms with Crippen LogP contribution in [0.5, 0.6) is 5.75 Å². The Bertz CT molecular complexity index is 811. The summed E-state index contributed by atoms with van der Waals surface area (Å²) in [6.45, 7) is 0.230. The van der Waals surface area contributed by atoms with E-state index in [-0.39, 0.29) is 24.0 Å². The van der Waals surface area contributed by atoms with Gasteiger partial charge in [-0.3, -0.25) is 0 Å². The second-order valence-electron chi connectivity index (χ2n) is 4.99. The maximum absolute atomic E-state index is 13.3. The van der Waals surface area contributed by atoms with Gasteiger partial charge >= 0.3 is 5.97 Å². The molecule has 0 fully saturated rings. The average molecular weight is 375 g/mol. The van der Waals surface area contributed by atoms with Crippen molar-refractivity contribution in [1.82, 2.24) is 0 Å². The van der Waals surface area contributed by atoms with E-state index < -0.39 is 17.6 Å². The molecule has 0 saturated carbocycles. The molecule has 0 atom stereocenters. The number of benzene rings is 2. The van der Waals surface area contributed by atoms with Crippen molar-refractivity contribution in [3.8, 4) is 5.75 Å². The lowest BCUT2D eigenvalue weighted by molar-refractivity contribution is -0.0180. The third-order valence-electron chi connectivity index (χ3n) is 3.34. The molecule has 0 aliphatic carbocycles. The van der Waals surface area contributed by atoms with Crippen molar-refractivity contribution < 1.29 is 27.8 Å². The summed E-state index contributed by atoms with van der Waals surface area (Å²) in [5.74, 6) is -2.70. The van der Waals surface area contributed by atoms with Gasteiger partial charge < -0.3 is 14.2 Å². The first-order chi connectivity index (χ1) is 11.5. The van der Waals surface area contributed by atoms with Gasteiger partial charge in [0.25, 0.3) is 0 Å². The SMILES string of the molecule is O=C(OCc1cc(Cl)cc2c1OCOC2)c1cc(F)c(F)cc1Cl. The van der Waals surface area contributed by atoms with Crippen molar-refractivity contribution in [2.45, 2.75) is 13.2 Å². The molecule has 4 nitrogen and oxygen atoms in total. The van der Waals surface area contributed by atoms with Crippen LogP contribution in [0.25, 0.3) is 0 Å². The van der Waals surface area contributed by atoms with Crippen LogP contribution in [0.3, 0.4) is 0 Å². The monoisotopic (exact) mass is 374 g/mol. The summed E-state index contributed by atoms with van der Waals surface area (Å²) in [5.41, 5.74) is 0.995. The normalized spacial score (nSPS) is 13.2. The zero-order valence-corrected chi connectivity index (χ0v) is 13.6. The summed E-state index contributed by atoms with van der Waals surface area (Å²) in [4.78, 5) is 12.1. The number of esters is 1. The average Bonchev–Trinajstić information content (AvgIpc) is 2.55. The lowest BCUT2D eigenvalue weighted by Crippen LogP contribution is -2.14. The van der Waals surface area contributed by atoms with E-state index in [4.69, 9.17) is 37.4 Å². The number of rotatable bonds is 3. The fourth-order valence-corrected chi connectivity index (χ4v) is 2.75. The first kappa shape index (κ1) is 17.0. The molecule has 1 aliphatic rings. The minimum Gasteiger partial charge on any atom is -0.467 e. The van der Waals surface area contributed by atoms with Crippen LogP contribution in [-0.4, -0.2) is 12.8 Å². The zero-order valence-electron chi connectivity index (χ0n) is 12.1. The highest BCUT2D eigenvalue weighted by atomic mass is 35.5. The molecule has 0 saturated heterocycles. The van der Waals surface area contributed by atoms with Gasteiger partial charge in [0.15, 0.2) is 18.4 Å². The highest BCUT2D eigenvalue weighted by molar-refractivity contribution is 6.33. The summed E-state index contributed by atoms with van der Waals surface area (Å²) in [6.07, 6.45) is 0. The second-order valence-corrected chi connectivity index (χ2v) is 5.83. The van der Waals surface area contributed by atoms with Crippen LogP contribution in [-0.2, 0) is 22.7 Å². The Kier molecular flexibility index (Phi) is 4.89. The van der Waals surface area contributed by atoms with Crippen molar-refractivity contribution in [3.05, 3.63) is 62.6 Å². The van der Waals surface area contributed by atoms with E-state index in [1.165, 1.54) is 0 Å². The Morgan fingerprint density at radius 1 is 1.17 bits per heavy atom. The lowest BCUT2D eigenvalue weighted by Gasteiger charge is -2.21. The molecule has 0 unspecified atom stereocenters. The predicted molar refractivity (Wildman–Crippen MR) is 82.2 cm³/mol. The number of hydrogen-bond donors (Lipinski definition) is 0. The van der Waals surface area contributed by atoms with Crippen molar-refractivity contribution in [1.29, 1.82) is 0 Å². The molecule has 1 aliphatic heterocycles. The molecule has 0 spiro atoms. The van der Waals surface area contributed by atoms with Gasteiger partial charge in [-0.2, -0.15) is 0 Å². The molecule has 0 aromatic heterocycles. The van der Waals surface area contributed by atoms with Crippen molar-refractivity contribution in [2.75, 3.05) is 6.79 Å². The Balaban J connectivity index is 1.80. The fourth-order valence-electron chi connectivity index (χ4n) is 2.26. The Morgan fingerprint density at radius 3 is 2.71 bits per heavy atom. The highest BCUT2D eigenvalue weighted by Crippen LogP contribution is 2.32. The number of carbonyl (C=O) groups excluding carboxylic acids is 1. The van der Waals surface area contributed by atoms with Crippen LogP contribution in [0, 0.1) is 11.6 Å². The third kappa shape index (κ3) is 3.45. The molecule has 24 heavy (non-hydrogen) atoms. The van der Waals surface area contributed by atoms with E-state index in [1.807, 2.05) is 0 Å². The molecule has 2 aromatic carbocycles. The molecular formula is C16H10Cl2F2O4. The Labute approximate surface area is 145 Å². The molecule has 0 amide bonds. The van der Waals surface area contributed by atoms with Crippen LogP contribution in [0.15, 0.2) is 24.3 Å². The van der Waals surface area contributed by atoms with Crippen LogP contribution >= 0.6 is 23.2 Å². The Hall–Kier alpha value is -1.89. The second kappa shape index (κ2) is 6.93. The molecule has 126 valence electrons. The molecule has 0 radical (unpaired) electrons. The predicted octanol–water partition coefficient (Wildman–Crippen LogP) is 4.50. The van der Waals surface area contributed by atoms with Crippen LogP contribution in [0.2, 0.25) is 10.0 Å². The third-order valence-corrected chi connectivity index (χ3v) is 3.87. The van der Waals surface area contributed by atoms with Crippen LogP contribution in [0.4, 0.5) is 8.78 Å². The number of fused-ring (bicyclic) bond motifs is 1. The summed E-state index contributed by atoms with van der Waals surface area (Å²) in [5, 5.41) is 0.191. The quantitative estimate of drug-likeness (QED) is 0.586. The molecule has 2 aromatic rings. The van der Waals surface area contributed by atoms with Gasteiger partial charge in [-0.15, -0.1) is 0 Å². The van der Waals surface area contributed by atoms with Gasteiger partial charge in [-0.05, 0) is 24.3 Å². The molecule has 0 N–H and O–H groups in total. The van der Waals surface area contributed by atoms with E-state index in [0.717, 1.165) is 11.6 Å². The number of halogens is 4. The number of ether oxygens (including phenoxy) is 3. The summed E-state index contributed by atoms with van der Waals surface area (Å²) in [6, 6.07) is 4.69. The Morgan fingerprint density at radius 2 is 1.92 bits per heavy atom. The van der Waals surface area contributed by atoms with E-state index in [2.05, 4.69) is 0 Å². The van der Waals surface area contributed by atoms with Crippen molar-refractivity contribution in [2.24, 2.45) is 0 Å². The number of carbonyl (C=O) groups is 1. The van der Waals surface area contributed by atoms with Crippen molar-refractivity contribution in [3.63, 3.8) is 0 Å². The number of hydrogen-bond acceptors (Lipinski definition) is 4. The van der Waals surface area contributed by atoms with Gasteiger partial charge in [0.05, 0.1) is 17.2 Å². The van der Waals surface area contributed by atoms with E-state index in [1.54, 1.807) is 12.1 Å². The van der Waals surface area contributed by atoms with Crippen LogP contribution in [0.1, 0.15) is 21.5 Å². The fraction of sp³-hybridized carbons (Fsp3) is 0.188. The van der Waals surface area contributed by atoms with Crippen LogP contribution < -0.4 is 4.74 Å². The lowest BCUT2D eigenvalue weighted by atomic mass is 10.1. The largest absolute Gasteiger partial charge is 0.467 e. The minimum atomic E-state index is -1.19. The smallest absolute Gasteiger partial charge is 0.340 e. The summed E-state index contributed by atoms with van der Waals surface area (Å²) >= 11 is 11.8.